The highest BCUT2D eigenvalue weighted by atomic mass is 35.7. The van der Waals surface area contributed by atoms with Crippen molar-refractivity contribution >= 4 is 20.6 Å². The van der Waals surface area contributed by atoms with Crippen molar-refractivity contribution in [3.63, 3.8) is 0 Å². The minimum Gasteiger partial charge on any atom is -0.265 e. The molecule has 2 nitrogen and oxygen atoms in total. The second-order valence-electron chi connectivity index (χ2n) is 2.93. The van der Waals surface area contributed by atoms with Crippen LogP contribution in [0.15, 0.2) is 46.6 Å². The third-order valence-corrected chi connectivity index (χ3v) is 3.85. The third-order valence-electron chi connectivity index (χ3n) is 1.95. The van der Waals surface area contributed by atoms with Crippen molar-refractivity contribution in [2.45, 2.75) is 6.54 Å². The summed E-state index contributed by atoms with van der Waals surface area (Å²) in [6.45, 7) is 0.583. The van der Waals surface area contributed by atoms with E-state index in [-0.39, 0.29) is 5.56 Å². The van der Waals surface area contributed by atoms with Crippen LogP contribution in [0.3, 0.4) is 0 Å². The molecule has 0 amide bonds. The van der Waals surface area contributed by atoms with Crippen molar-refractivity contribution in [3.05, 3.63) is 57.7 Å². The molecule has 1 unspecified atom stereocenters. The SMILES string of the molecule is O=c1cc[s+](Cl)n1Cc1ccccc1. The van der Waals surface area contributed by atoms with E-state index in [2.05, 4.69) is 0 Å². The molecular weight excluding hydrogens is 218 g/mol. The Morgan fingerprint density at radius 3 is 2.50 bits per heavy atom. The van der Waals surface area contributed by atoms with Gasteiger partial charge in [-0.3, -0.25) is 4.79 Å². The topological polar surface area (TPSA) is 22.0 Å². The zero-order valence-electron chi connectivity index (χ0n) is 7.39. The lowest BCUT2D eigenvalue weighted by molar-refractivity contribution is 0.848. The molecule has 0 N–H and O–H groups in total. The normalized spacial score (nSPS) is 11.6. The quantitative estimate of drug-likeness (QED) is 0.722. The van der Waals surface area contributed by atoms with Crippen LogP contribution in [0.2, 0.25) is 0 Å². The van der Waals surface area contributed by atoms with Gasteiger partial charge in [0.15, 0.2) is 15.3 Å². The van der Waals surface area contributed by atoms with Crippen LogP contribution in [0.4, 0.5) is 0 Å². The number of nitrogens with zero attached hydrogens (tertiary/aromatic N) is 1. The van der Waals surface area contributed by atoms with E-state index in [0.717, 1.165) is 5.56 Å². The lowest BCUT2D eigenvalue weighted by atomic mass is 10.2. The van der Waals surface area contributed by atoms with E-state index in [4.69, 9.17) is 10.7 Å². The number of rotatable bonds is 2. The van der Waals surface area contributed by atoms with E-state index in [0.29, 0.717) is 6.54 Å². The van der Waals surface area contributed by atoms with Gasteiger partial charge in [-0.2, -0.15) is 0 Å². The van der Waals surface area contributed by atoms with Gasteiger partial charge in [0.05, 0.1) is 12.6 Å². The van der Waals surface area contributed by atoms with Gasteiger partial charge in [-0.1, -0.05) is 30.3 Å². The fourth-order valence-corrected chi connectivity index (χ4v) is 2.63. The number of aromatic nitrogens is 1. The molecule has 72 valence electrons. The summed E-state index contributed by atoms with van der Waals surface area (Å²) in [5, 5.41) is 1.73. The number of halogens is 1. The second kappa shape index (κ2) is 3.98. The third kappa shape index (κ3) is 1.89. The Morgan fingerprint density at radius 2 is 1.93 bits per heavy atom. The molecule has 1 aromatic heterocycles. The molecule has 0 radical (unpaired) electrons. The standard InChI is InChI=1S/C10H9ClNOS/c11-14-7-6-10(13)12(14)8-9-4-2-1-3-5-9/h1-7H,8H2/q+1. The van der Waals surface area contributed by atoms with Gasteiger partial charge < -0.3 is 0 Å². The van der Waals surface area contributed by atoms with E-state index >= 15 is 0 Å². The van der Waals surface area contributed by atoms with E-state index in [1.54, 1.807) is 9.34 Å². The van der Waals surface area contributed by atoms with Gasteiger partial charge in [0.2, 0.25) is 10.7 Å². The number of benzene rings is 1. The molecule has 2 rings (SSSR count). The molecule has 0 saturated heterocycles. The van der Waals surface area contributed by atoms with Gasteiger partial charge in [-0.05, 0) is 5.56 Å². The zero-order valence-corrected chi connectivity index (χ0v) is 8.96. The first-order chi connectivity index (χ1) is 6.77. The highest BCUT2D eigenvalue weighted by molar-refractivity contribution is 7.57. The van der Waals surface area contributed by atoms with Crippen molar-refractivity contribution in [1.29, 1.82) is 0 Å². The van der Waals surface area contributed by atoms with Crippen LogP contribution in [0.1, 0.15) is 5.56 Å². The minimum absolute atomic E-state index is 0.00723. The maximum atomic E-state index is 11.4. The average Bonchev–Trinajstić information content (AvgIpc) is 2.51. The molecule has 1 aromatic carbocycles. The first-order valence-electron chi connectivity index (χ1n) is 4.20. The Kier molecular flexibility index (Phi) is 2.70. The molecule has 2 aromatic rings. The summed E-state index contributed by atoms with van der Waals surface area (Å²) in [6.07, 6.45) is 0. The molecule has 0 aliphatic rings. The second-order valence-corrected chi connectivity index (χ2v) is 5.12. The van der Waals surface area contributed by atoms with Crippen molar-refractivity contribution in [2.75, 3.05) is 0 Å². The maximum absolute atomic E-state index is 11.4. The molecule has 0 fully saturated rings. The number of hydrogen-bond acceptors (Lipinski definition) is 1. The van der Waals surface area contributed by atoms with Crippen molar-refractivity contribution in [3.8, 4) is 0 Å². The van der Waals surface area contributed by atoms with Crippen LogP contribution in [-0.4, -0.2) is 3.96 Å². The highest BCUT2D eigenvalue weighted by Crippen LogP contribution is 2.20. The summed E-state index contributed by atoms with van der Waals surface area (Å²) in [4.78, 5) is 11.4. The summed E-state index contributed by atoms with van der Waals surface area (Å²) >= 11 is 0. The summed E-state index contributed by atoms with van der Waals surface area (Å²) < 4.78 is 1.65. The van der Waals surface area contributed by atoms with Crippen molar-refractivity contribution in [2.24, 2.45) is 0 Å². The predicted octanol–water partition coefficient (Wildman–Crippen LogP) is 2.65. The smallest absolute Gasteiger partial charge is 0.265 e. The molecular formula is C10H9ClNOS+. The largest absolute Gasteiger partial charge is 0.297 e. The highest BCUT2D eigenvalue weighted by Gasteiger charge is 2.12. The molecule has 14 heavy (non-hydrogen) atoms. The molecule has 0 saturated carbocycles. The fourth-order valence-electron chi connectivity index (χ4n) is 1.25. The van der Waals surface area contributed by atoms with Crippen molar-refractivity contribution < 1.29 is 0 Å². The molecule has 0 aliphatic heterocycles. The first-order valence-corrected chi connectivity index (χ1v) is 6.27. The monoisotopic (exact) mass is 226 g/mol. The Hall–Kier alpha value is -1.06. The molecule has 4 heteroatoms. The number of hydrogen-bond donors (Lipinski definition) is 0. The van der Waals surface area contributed by atoms with Crippen LogP contribution >= 0.6 is 20.6 Å². The molecule has 1 heterocycles. The Bertz CT molecular complexity index is 474. The van der Waals surface area contributed by atoms with E-state index in [1.165, 1.54) is 6.07 Å². The predicted molar refractivity (Wildman–Crippen MR) is 60.0 cm³/mol. The van der Waals surface area contributed by atoms with E-state index in [1.807, 2.05) is 30.3 Å². The maximum Gasteiger partial charge on any atom is 0.297 e. The lowest BCUT2D eigenvalue weighted by Gasteiger charge is -1.96. The van der Waals surface area contributed by atoms with Crippen LogP contribution in [0.5, 0.6) is 0 Å². The van der Waals surface area contributed by atoms with Gasteiger partial charge in [0.25, 0.3) is 5.56 Å². The van der Waals surface area contributed by atoms with E-state index < -0.39 is 9.88 Å². The summed E-state index contributed by atoms with van der Waals surface area (Å²) in [5.74, 6) is 0. The zero-order chi connectivity index (χ0) is 9.97. The van der Waals surface area contributed by atoms with Crippen molar-refractivity contribution in [1.82, 2.24) is 3.96 Å². The first kappa shape index (κ1) is 9.49. The van der Waals surface area contributed by atoms with Crippen LogP contribution in [-0.2, 0) is 6.54 Å². The summed E-state index contributed by atoms with van der Waals surface area (Å²) in [5.41, 5.74) is 1.09. The Labute approximate surface area is 89.0 Å². The summed E-state index contributed by atoms with van der Waals surface area (Å²) in [7, 11) is 5.40. The summed E-state index contributed by atoms with van der Waals surface area (Å²) in [6, 6.07) is 11.4. The van der Waals surface area contributed by atoms with Gasteiger partial charge in [0, 0.05) is 0 Å². The minimum atomic E-state index is -0.566. The van der Waals surface area contributed by atoms with Gasteiger partial charge in [-0.15, -0.1) is 3.96 Å². The van der Waals surface area contributed by atoms with Crippen LogP contribution in [0, 0.1) is 0 Å². The van der Waals surface area contributed by atoms with E-state index in [9.17, 15) is 4.79 Å². The van der Waals surface area contributed by atoms with Gasteiger partial charge in [-0.25, -0.2) is 0 Å². The average molecular weight is 227 g/mol. The van der Waals surface area contributed by atoms with Crippen LogP contribution < -0.4 is 5.56 Å². The Morgan fingerprint density at radius 1 is 1.21 bits per heavy atom. The van der Waals surface area contributed by atoms with Gasteiger partial charge >= 0.3 is 0 Å². The molecule has 0 spiro atoms. The molecule has 0 bridgehead atoms. The van der Waals surface area contributed by atoms with Crippen LogP contribution in [0.25, 0.3) is 0 Å². The Balaban J connectivity index is 2.32. The lowest BCUT2D eigenvalue weighted by Crippen LogP contribution is -2.13. The molecule has 0 aliphatic carbocycles. The fraction of sp³-hybridized carbons (Fsp3) is 0.100. The van der Waals surface area contributed by atoms with Gasteiger partial charge in [0.1, 0.15) is 0 Å². The molecule has 1 atom stereocenters.